The monoisotopic (exact) mass is 326 g/mol. The first-order valence-corrected chi connectivity index (χ1v) is 8.29. The molecule has 0 aliphatic rings. The zero-order valence-corrected chi connectivity index (χ0v) is 13.0. The van der Waals surface area contributed by atoms with Gasteiger partial charge in [0.25, 0.3) is 0 Å². The third-order valence-corrected chi connectivity index (χ3v) is 4.67. The molecule has 0 atom stereocenters. The molecule has 0 spiro atoms. The van der Waals surface area contributed by atoms with Gasteiger partial charge in [0.1, 0.15) is 11.0 Å². The number of para-hydroxylation sites is 1. The normalized spacial score (nSPS) is 11.1. The molecule has 0 saturated heterocycles. The molecule has 8 heteroatoms. The van der Waals surface area contributed by atoms with Crippen molar-refractivity contribution in [3.63, 3.8) is 0 Å². The van der Waals surface area contributed by atoms with Crippen LogP contribution < -0.4 is 0 Å². The molecule has 0 fully saturated rings. The number of tetrazole rings is 1. The highest BCUT2D eigenvalue weighted by molar-refractivity contribution is 7.98. The van der Waals surface area contributed by atoms with E-state index in [0.717, 1.165) is 27.6 Å². The standard InChI is InChI=1S/C14H10N6S2/c1-2-4-11(5-3-1)20-14(15-18-19-20)21-9-10-6-7-12-13(8-10)17-22-16-12/h1-8H,9H2. The van der Waals surface area contributed by atoms with Crippen LogP contribution in [0.4, 0.5) is 0 Å². The third-order valence-electron chi connectivity index (χ3n) is 3.13. The largest absolute Gasteiger partial charge is 0.214 e. The zero-order chi connectivity index (χ0) is 14.8. The molecule has 0 unspecified atom stereocenters. The summed E-state index contributed by atoms with van der Waals surface area (Å²) in [6.07, 6.45) is 0. The lowest BCUT2D eigenvalue weighted by molar-refractivity contribution is 0.756. The molecule has 0 radical (unpaired) electrons. The van der Waals surface area contributed by atoms with Crippen molar-refractivity contribution in [3.05, 3.63) is 54.1 Å². The fourth-order valence-corrected chi connectivity index (χ4v) is 3.42. The van der Waals surface area contributed by atoms with E-state index in [4.69, 9.17) is 0 Å². The Morgan fingerprint density at radius 2 is 1.86 bits per heavy atom. The summed E-state index contributed by atoms with van der Waals surface area (Å²) in [5.74, 6) is 0.778. The number of hydrogen-bond donors (Lipinski definition) is 0. The summed E-state index contributed by atoms with van der Waals surface area (Å²) < 4.78 is 10.2. The number of thioether (sulfide) groups is 1. The second kappa shape index (κ2) is 5.82. The van der Waals surface area contributed by atoms with Gasteiger partial charge in [0.15, 0.2) is 0 Å². The Bertz CT molecular complexity index is 902. The third kappa shape index (κ3) is 2.58. The zero-order valence-electron chi connectivity index (χ0n) is 11.3. The lowest BCUT2D eigenvalue weighted by Crippen LogP contribution is -1.98. The molecule has 2 aromatic heterocycles. The van der Waals surface area contributed by atoms with Gasteiger partial charge in [0, 0.05) is 5.75 Å². The van der Waals surface area contributed by atoms with Gasteiger partial charge in [0.2, 0.25) is 5.16 Å². The maximum absolute atomic E-state index is 4.27. The van der Waals surface area contributed by atoms with Crippen molar-refractivity contribution in [3.8, 4) is 5.69 Å². The molecule has 22 heavy (non-hydrogen) atoms. The molecule has 4 aromatic rings. The number of rotatable bonds is 4. The molecule has 0 N–H and O–H groups in total. The first kappa shape index (κ1) is 13.4. The summed E-state index contributed by atoms with van der Waals surface area (Å²) in [7, 11) is 0. The van der Waals surface area contributed by atoms with Gasteiger partial charge in [0.05, 0.1) is 17.4 Å². The predicted molar refractivity (Wildman–Crippen MR) is 86.1 cm³/mol. The first-order valence-electron chi connectivity index (χ1n) is 6.58. The van der Waals surface area contributed by atoms with Crippen LogP contribution in [0, 0.1) is 0 Å². The summed E-state index contributed by atoms with van der Waals surface area (Å²) in [5.41, 5.74) is 4.00. The van der Waals surface area contributed by atoms with E-state index in [9.17, 15) is 0 Å². The molecule has 2 aromatic carbocycles. The molecule has 0 saturated carbocycles. The van der Waals surface area contributed by atoms with E-state index in [1.807, 2.05) is 36.4 Å². The smallest absolute Gasteiger partial charge is 0.188 e. The van der Waals surface area contributed by atoms with Gasteiger partial charge in [-0.15, -0.1) is 5.10 Å². The lowest BCUT2D eigenvalue weighted by Gasteiger charge is -2.04. The molecule has 2 heterocycles. The van der Waals surface area contributed by atoms with Crippen molar-refractivity contribution in [2.24, 2.45) is 0 Å². The Kier molecular flexibility index (Phi) is 3.53. The SMILES string of the molecule is c1ccc(-n2nnnc2SCc2ccc3nsnc3c2)cc1. The van der Waals surface area contributed by atoms with E-state index in [0.29, 0.717) is 0 Å². The van der Waals surface area contributed by atoms with Crippen LogP contribution in [0.3, 0.4) is 0 Å². The quantitative estimate of drug-likeness (QED) is 0.537. The minimum absolute atomic E-state index is 0.766. The Morgan fingerprint density at radius 3 is 2.77 bits per heavy atom. The molecule has 4 rings (SSSR count). The number of benzene rings is 2. The van der Waals surface area contributed by atoms with E-state index in [1.54, 1.807) is 16.4 Å². The highest BCUT2D eigenvalue weighted by Gasteiger charge is 2.09. The summed E-state index contributed by atoms with van der Waals surface area (Å²) >= 11 is 2.83. The van der Waals surface area contributed by atoms with Crippen molar-refractivity contribution in [2.45, 2.75) is 10.9 Å². The second-order valence-corrected chi connectivity index (χ2v) is 6.06. The Morgan fingerprint density at radius 1 is 1.00 bits per heavy atom. The first-order chi connectivity index (χ1) is 10.9. The lowest BCUT2D eigenvalue weighted by atomic mass is 10.2. The summed E-state index contributed by atoms with van der Waals surface area (Å²) in [5, 5.41) is 12.7. The van der Waals surface area contributed by atoms with Crippen molar-refractivity contribution < 1.29 is 0 Å². The van der Waals surface area contributed by atoms with Gasteiger partial charge in [-0.3, -0.25) is 0 Å². The summed E-state index contributed by atoms with van der Waals surface area (Å²) in [6.45, 7) is 0. The van der Waals surface area contributed by atoms with Crippen LogP contribution in [-0.4, -0.2) is 29.0 Å². The Balaban J connectivity index is 1.56. The van der Waals surface area contributed by atoms with Crippen LogP contribution in [0.2, 0.25) is 0 Å². The average molecular weight is 326 g/mol. The molecule has 0 aliphatic heterocycles. The summed E-state index contributed by atoms with van der Waals surface area (Å²) in [4.78, 5) is 0. The maximum atomic E-state index is 4.27. The van der Waals surface area contributed by atoms with Crippen molar-refractivity contribution in [1.82, 2.24) is 29.0 Å². The van der Waals surface area contributed by atoms with Crippen LogP contribution in [0.15, 0.2) is 53.7 Å². The highest BCUT2D eigenvalue weighted by Crippen LogP contribution is 2.24. The van der Waals surface area contributed by atoms with E-state index in [1.165, 1.54) is 17.3 Å². The molecule has 0 aliphatic carbocycles. The van der Waals surface area contributed by atoms with Crippen molar-refractivity contribution in [2.75, 3.05) is 0 Å². The Labute approximate surface area is 134 Å². The number of nitrogens with zero attached hydrogens (tertiary/aromatic N) is 6. The van der Waals surface area contributed by atoms with E-state index in [-0.39, 0.29) is 0 Å². The Hall–Kier alpha value is -2.32. The minimum atomic E-state index is 0.766. The second-order valence-electron chi connectivity index (χ2n) is 4.58. The number of aromatic nitrogens is 6. The average Bonchev–Trinajstić information content (AvgIpc) is 3.22. The van der Waals surface area contributed by atoms with Crippen LogP contribution in [0.5, 0.6) is 0 Å². The molecule has 0 bridgehead atoms. The van der Waals surface area contributed by atoms with Gasteiger partial charge in [-0.25, -0.2) is 0 Å². The van der Waals surface area contributed by atoms with E-state index < -0.39 is 0 Å². The molecule has 6 nitrogen and oxygen atoms in total. The molecule has 108 valence electrons. The molecular formula is C14H10N6S2. The predicted octanol–water partition coefficient (Wildman–Crippen LogP) is 2.96. The summed E-state index contributed by atoms with van der Waals surface area (Å²) in [6, 6.07) is 16.0. The van der Waals surface area contributed by atoms with Gasteiger partial charge in [-0.05, 0) is 40.3 Å². The topological polar surface area (TPSA) is 69.4 Å². The molecule has 0 amide bonds. The number of fused-ring (bicyclic) bond motifs is 1. The van der Waals surface area contributed by atoms with E-state index in [2.05, 4.69) is 36.4 Å². The van der Waals surface area contributed by atoms with Gasteiger partial charge < -0.3 is 0 Å². The number of hydrogen-bond acceptors (Lipinski definition) is 7. The van der Waals surface area contributed by atoms with Crippen LogP contribution >= 0.6 is 23.5 Å². The van der Waals surface area contributed by atoms with Crippen LogP contribution in [0.25, 0.3) is 16.7 Å². The fourth-order valence-electron chi connectivity index (χ4n) is 2.07. The minimum Gasteiger partial charge on any atom is -0.188 e. The van der Waals surface area contributed by atoms with E-state index >= 15 is 0 Å². The highest BCUT2D eigenvalue weighted by atomic mass is 32.2. The van der Waals surface area contributed by atoms with Gasteiger partial charge in [-0.1, -0.05) is 36.0 Å². The van der Waals surface area contributed by atoms with Gasteiger partial charge >= 0.3 is 0 Å². The molecular weight excluding hydrogens is 316 g/mol. The van der Waals surface area contributed by atoms with Crippen molar-refractivity contribution >= 4 is 34.5 Å². The fraction of sp³-hybridized carbons (Fsp3) is 0.0714. The van der Waals surface area contributed by atoms with Crippen LogP contribution in [0.1, 0.15) is 5.56 Å². The van der Waals surface area contributed by atoms with Crippen LogP contribution in [-0.2, 0) is 5.75 Å². The maximum Gasteiger partial charge on any atom is 0.214 e. The van der Waals surface area contributed by atoms with Gasteiger partial charge in [-0.2, -0.15) is 13.4 Å². The van der Waals surface area contributed by atoms with Crippen molar-refractivity contribution in [1.29, 1.82) is 0 Å².